The van der Waals surface area contributed by atoms with Crippen molar-refractivity contribution in [1.29, 1.82) is 0 Å². The predicted molar refractivity (Wildman–Crippen MR) is 82.7 cm³/mol. The molecule has 110 valence electrons. The third-order valence-electron chi connectivity index (χ3n) is 2.80. The van der Waals surface area contributed by atoms with Gasteiger partial charge in [0, 0.05) is 13.1 Å². The van der Waals surface area contributed by atoms with Crippen LogP contribution in [0, 0.1) is 6.92 Å². The minimum atomic E-state index is -0.0333. The van der Waals surface area contributed by atoms with Crippen LogP contribution >= 0.6 is 0 Å². The van der Waals surface area contributed by atoms with E-state index in [0.717, 1.165) is 6.54 Å². The average molecular weight is 276 g/mol. The third-order valence-corrected chi connectivity index (χ3v) is 2.80. The number of aryl methyl sites for hydroxylation is 1. The van der Waals surface area contributed by atoms with Crippen molar-refractivity contribution in [3.63, 3.8) is 0 Å². The van der Waals surface area contributed by atoms with Crippen molar-refractivity contribution < 1.29 is 4.79 Å². The number of carbonyl (C=O) groups is 1. The van der Waals surface area contributed by atoms with E-state index in [1.54, 1.807) is 0 Å². The van der Waals surface area contributed by atoms with Crippen molar-refractivity contribution in [2.75, 3.05) is 19.6 Å². The molecule has 1 aromatic carbocycles. The van der Waals surface area contributed by atoms with E-state index in [0.29, 0.717) is 19.0 Å². The predicted octanol–water partition coefficient (Wildman–Crippen LogP) is 1.19. The summed E-state index contributed by atoms with van der Waals surface area (Å²) in [5, 5.41) is 8.89. The molecule has 3 N–H and O–H groups in total. The fraction of sp³-hybridized carbons (Fsp3) is 0.467. The summed E-state index contributed by atoms with van der Waals surface area (Å²) in [5.41, 5.74) is 2.40. The van der Waals surface area contributed by atoms with Gasteiger partial charge in [0.15, 0.2) is 5.96 Å². The lowest BCUT2D eigenvalue weighted by Crippen LogP contribution is -2.43. The number of likely N-dealkylation sites (N-methyl/N-ethyl adjacent to an activating group) is 1. The first-order valence-corrected chi connectivity index (χ1v) is 7.00. The molecule has 1 amide bonds. The van der Waals surface area contributed by atoms with E-state index in [1.165, 1.54) is 11.1 Å². The highest BCUT2D eigenvalue weighted by Crippen LogP contribution is 2.07. The van der Waals surface area contributed by atoms with Gasteiger partial charge in [-0.2, -0.15) is 0 Å². The van der Waals surface area contributed by atoms with Crippen LogP contribution in [0.4, 0.5) is 0 Å². The molecule has 0 spiro atoms. The number of amides is 1. The number of hydrogen-bond acceptors (Lipinski definition) is 2. The molecule has 0 aliphatic rings. The molecule has 5 nitrogen and oxygen atoms in total. The quantitative estimate of drug-likeness (QED) is 0.540. The Kier molecular flexibility index (Phi) is 7.17. The van der Waals surface area contributed by atoms with Crippen molar-refractivity contribution >= 4 is 11.9 Å². The van der Waals surface area contributed by atoms with Crippen LogP contribution in [0.1, 0.15) is 25.0 Å². The molecule has 0 bridgehead atoms. The summed E-state index contributed by atoms with van der Waals surface area (Å²) < 4.78 is 0. The number of nitrogens with one attached hydrogen (secondary N) is 3. The maximum absolute atomic E-state index is 11.4. The van der Waals surface area contributed by atoms with E-state index < -0.39 is 0 Å². The molecule has 0 radical (unpaired) electrons. The minimum absolute atomic E-state index is 0.0333. The Balaban J connectivity index is 2.58. The molecule has 0 aliphatic heterocycles. The van der Waals surface area contributed by atoms with Crippen LogP contribution in [-0.2, 0) is 11.3 Å². The molecule has 1 rings (SSSR count). The number of rotatable bonds is 6. The molecule has 0 saturated carbocycles. The van der Waals surface area contributed by atoms with E-state index >= 15 is 0 Å². The summed E-state index contributed by atoms with van der Waals surface area (Å²) in [4.78, 5) is 15.9. The molecular weight excluding hydrogens is 252 g/mol. The van der Waals surface area contributed by atoms with Crippen LogP contribution in [0.2, 0.25) is 0 Å². The molecule has 0 heterocycles. The summed E-state index contributed by atoms with van der Waals surface area (Å²) in [6.45, 7) is 8.18. The van der Waals surface area contributed by atoms with Crippen LogP contribution in [0.25, 0.3) is 0 Å². The Labute approximate surface area is 120 Å². The zero-order valence-electron chi connectivity index (χ0n) is 12.5. The van der Waals surface area contributed by atoms with E-state index in [2.05, 4.69) is 40.0 Å². The molecule has 1 aromatic rings. The van der Waals surface area contributed by atoms with E-state index in [-0.39, 0.29) is 12.5 Å². The Bertz CT molecular complexity index is 457. The Morgan fingerprint density at radius 1 is 1.10 bits per heavy atom. The molecule has 0 fully saturated rings. The van der Waals surface area contributed by atoms with E-state index in [1.807, 2.05) is 26.0 Å². The first-order chi connectivity index (χ1) is 9.67. The van der Waals surface area contributed by atoms with Crippen LogP contribution in [-0.4, -0.2) is 31.5 Å². The molecule has 0 aliphatic carbocycles. The lowest BCUT2D eigenvalue weighted by atomic mass is 10.1. The second-order valence-electron chi connectivity index (χ2n) is 4.43. The van der Waals surface area contributed by atoms with Gasteiger partial charge in [0.2, 0.25) is 5.91 Å². The fourth-order valence-corrected chi connectivity index (χ4v) is 1.72. The maximum atomic E-state index is 11.4. The van der Waals surface area contributed by atoms with E-state index in [4.69, 9.17) is 0 Å². The van der Waals surface area contributed by atoms with Crippen molar-refractivity contribution in [2.45, 2.75) is 27.3 Å². The molecule has 0 atom stereocenters. The zero-order valence-corrected chi connectivity index (χ0v) is 12.5. The van der Waals surface area contributed by atoms with Gasteiger partial charge >= 0.3 is 0 Å². The number of carbonyl (C=O) groups excluding carboxylic acids is 1. The number of guanidine groups is 1. The van der Waals surface area contributed by atoms with Crippen molar-refractivity contribution in [3.05, 3.63) is 35.4 Å². The van der Waals surface area contributed by atoms with Crippen LogP contribution < -0.4 is 16.0 Å². The molecule has 0 aromatic heterocycles. The molecule has 0 saturated heterocycles. The van der Waals surface area contributed by atoms with Crippen molar-refractivity contribution in [2.24, 2.45) is 4.99 Å². The Morgan fingerprint density at radius 3 is 2.45 bits per heavy atom. The molecule has 5 heteroatoms. The topological polar surface area (TPSA) is 65.5 Å². The van der Waals surface area contributed by atoms with Gasteiger partial charge < -0.3 is 16.0 Å². The summed E-state index contributed by atoms with van der Waals surface area (Å²) >= 11 is 0. The average Bonchev–Trinajstić information content (AvgIpc) is 2.44. The summed E-state index contributed by atoms with van der Waals surface area (Å²) in [6, 6.07) is 8.15. The lowest BCUT2D eigenvalue weighted by Gasteiger charge is -2.11. The van der Waals surface area contributed by atoms with Gasteiger partial charge in [0.1, 0.15) is 0 Å². The van der Waals surface area contributed by atoms with Crippen molar-refractivity contribution in [1.82, 2.24) is 16.0 Å². The maximum Gasteiger partial charge on any atom is 0.239 e. The molecular formula is C15H24N4O. The number of benzene rings is 1. The van der Waals surface area contributed by atoms with Gasteiger partial charge in [0.05, 0.1) is 13.1 Å². The SMILES string of the molecule is CCNC(=O)CNC(=NCc1ccccc1C)NCC. The first kappa shape index (κ1) is 16.0. The summed E-state index contributed by atoms with van der Waals surface area (Å²) in [7, 11) is 0. The van der Waals surface area contributed by atoms with Gasteiger partial charge in [-0.1, -0.05) is 24.3 Å². The van der Waals surface area contributed by atoms with Crippen LogP contribution in [0.15, 0.2) is 29.3 Å². The largest absolute Gasteiger partial charge is 0.357 e. The van der Waals surface area contributed by atoms with Gasteiger partial charge in [-0.3, -0.25) is 4.79 Å². The standard InChI is InChI=1S/C15H24N4O/c1-4-16-14(20)11-19-15(17-5-2)18-10-13-9-7-6-8-12(13)3/h6-9H,4-5,10-11H2,1-3H3,(H,16,20)(H2,17,18,19). The highest BCUT2D eigenvalue weighted by atomic mass is 16.1. The van der Waals surface area contributed by atoms with Gasteiger partial charge in [-0.05, 0) is 31.9 Å². The second kappa shape index (κ2) is 8.96. The Morgan fingerprint density at radius 2 is 1.80 bits per heavy atom. The number of nitrogens with zero attached hydrogens (tertiary/aromatic N) is 1. The monoisotopic (exact) mass is 276 g/mol. The highest BCUT2D eigenvalue weighted by molar-refractivity contribution is 5.86. The smallest absolute Gasteiger partial charge is 0.239 e. The third kappa shape index (κ3) is 5.73. The normalized spacial score (nSPS) is 11.1. The lowest BCUT2D eigenvalue weighted by molar-refractivity contribution is -0.119. The first-order valence-electron chi connectivity index (χ1n) is 7.00. The van der Waals surface area contributed by atoms with Crippen LogP contribution in [0.3, 0.4) is 0 Å². The molecule has 0 unspecified atom stereocenters. The van der Waals surface area contributed by atoms with E-state index in [9.17, 15) is 4.79 Å². The number of hydrogen-bond donors (Lipinski definition) is 3. The highest BCUT2D eigenvalue weighted by Gasteiger charge is 2.02. The zero-order chi connectivity index (χ0) is 14.8. The molecule has 20 heavy (non-hydrogen) atoms. The summed E-state index contributed by atoms with van der Waals surface area (Å²) in [5.74, 6) is 0.621. The fourth-order valence-electron chi connectivity index (χ4n) is 1.72. The number of aliphatic imine (C=N–C) groups is 1. The Hall–Kier alpha value is -2.04. The van der Waals surface area contributed by atoms with Crippen molar-refractivity contribution in [3.8, 4) is 0 Å². The van der Waals surface area contributed by atoms with Crippen LogP contribution in [0.5, 0.6) is 0 Å². The van der Waals surface area contributed by atoms with Gasteiger partial charge in [-0.15, -0.1) is 0 Å². The van der Waals surface area contributed by atoms with Gasteiger partial charge in [-0.25, -0.2) is 4.99 Å². The summed E-state index contributed by atoms with van der Waals surface area (Å²) in [6.07, 6.45) is 0. The van der Waals surface area contributed by atoms with Gasteiger partial charge in [0.25, 0.3) is 0 Å². The minimum Gasteiger partial charge on any atom is -0.357 e. The second-order valence-corrected chi connectivity index (χ2v) is 4.43.